The predicted molar refractivity (Wildman–Crippen MR) is 89.0 cm³/mol. The van der Waals surface area contributed by atoms with Crippen LogP contribution in [0.25, 0.3) is 0 Å². The number of carbonyl (C=O) groups excluding carboxylic acids is 1. The summed E-state index contributed by atoms with van der Waals surface area (Å²) in [5.74, 6) is -0.0521. The largest absolute Gasteiger partial charge is 0.489 e. The second-order valence-electron chi connectivity index (χ2n) is 6.28. The van der Waals surface area contributed by atoms with Crippen molar-refractivity contribution in [2.75, 3.05) is 20.2 Å². The molecule has 0 spiro atoms. The van der Waals surface area contributed by atoms with Crippen molar-refractivity contribution >= 4 is 5.91 Å². The van der Waals surface area contributed by atoms with Crippen LogP contribution in [-0.4, -0.2) is 43.1 Å². The summed E-state index contributed by atoms with van der Waals surface area (Å²) in [6, 6.07) is 6.45. The van der Waals surface area contributed by atoms with Crippen molar-refractivity contribution in [2.24, 2.45) is 0 Å². The molecule has 4 nitrogen and oxygen atoms in total. The van der Waals surface area contributed by atoms with E-state index in [0.29, 0.717) is 19.2 Å². The number of ether oxygens (including phenoxy) is 1. The van der Waals surface area contributed by atoms with E-state index in [4.69, 9.17) is 4.74 Å². The molecule has 1 aromatic rings. The molecule has 128 valence electrons. The maximum atomic E-state index is 13.5. The highest BCUT2D eigenvalue weighted by molar-refractivity contribution is 5.81. The lowest BCUT2D eigenvalue weighted by Gasteiger charge is -2.28. The fraction of sp³-hybridized carbons (Fsp3) is 0.611. The average Bonchev–Trinajstić information content (AvgIpc) is 2.56. The summed E-state index contributed by atoms with van der Waals surface area (Å²) in [5, 5.41) is 3.14. The molecule has 1 aliphatic carbocycles. The zero-order valence-electron chi connectivity index (χ0n) is 14.1. The van der Waals surface area contributed by atoms with Gasteiger partial charge in [-0.3, -0.25) is 9.69 Å². The Balaban J connectivity index is 1.72. The minimum atomic E-state index is -0.363. The molecule has 0 aromatic heterocycles. The quantitative estimate of drug-likeness (QED) is 0.839. The third kappa shape index (κ3) is 5.50. The molecule has 23 heavy (non-hydrogen) atoms. The van der Waals surface area contributed by atoms with E-state index in [9.17, 15) is 9.18 Å². The van der Waals surface area contributed by atoms with Gasteiger partial charge in [-0.1, -0.05) is 31.4 Å². The molecule has 1 N–H and O–H groups in total. The monoisotopic (exact) mass is 322 g/mol. The lowest BCUT2D eigenvalue weighted by atomic mass is 9.95. The minimum Gasteiger partial charge on any atom is -0.489 e. The van der Waals surface area contributed by atoms with Crippen molar-refractivity contribution < 1.29 is 13.9 Å². The van der Waals surface area contributed by atoms with E-state index in [1.807, 2.05) is 18.9 Å². The molecular weight excluding hydrogens is 295 g/mol. The Labute approximate surface area is 138 Å². The molecule has 1 atom stereocenters. The normalized spacial score (nSPS) is 17.0. The fourth-order valence-corrected chi connectivity index (χ4v) is 2.82. The van der Waals surface area contributed by atoms with Gasteiger partial charge >= 0.3 is 0 Å². The Bertz CT molecular complexity index is 504. The lowest BCUT2D eigenvalue weighted by Crippen LogP contribution is -2.48. The predicted octanol–water partition coefficient (Wildman–Crippen LogP) is 2.97. The van der Waals surface area contributed by atoms with Gasteiger partial charge in [-0.25, -0.2) is 4.39 Å². The van der Waals surface area contributed by atoms with Gasteiger partial charge in [0.15, 0.2) is 11.6 Å². The van der Waals surface area contributed by atoms with E-state index in [1.54, 1.807) is 18.2 Å². The van der Waals surface area contributed by atoms with Gasteiger partial charge in [0.1, 0.15) is 6.61 Å². The van der Waals surface area contributed by atoms with E-state index >= 15 is 0 Å². The number of hydrogen-bond donors (Lipinski definition) is 1. The molecule has 0 unspecified atom stereocenters. The van der Waals surface area contributed by atoms with Gasteiger partial charge in [-0.05, 0) is 38.9 Å². The van der Waals surface area contributed by atoms with Crippen LogP contribution in [0.3, 0.4) is 0 Å². The number of para-hydroxylation sites is 1. The van der Waals surface area contributed by atoms with Crippen molar-refractivity contribution in [2.45, 2.75) is 51.1 Å². The topological polar surface area (TPSA) is 41.6 Å². The Morgan fingerprint density at radius 3 is 2.74 bits per heavy atom. The Morgan fingerprint density at radius 2 is 2.04 bits per heavy atom. The summed E-state index contributed by atoms with van der Waals surface area (Å²) in [6.45, 7) is 2.80. The van der Waals surface area contributed by atoms with Gasteiger partial charge in [0.2, 0.25) is 5.91 Å². The smallest absolute Gasteiger partial charge is 0.237 e. The Hall–Kier alpha value is -1.62. The molecule has 1 aromatic carbocycles. The third-order valence-electron chi connectivity index (χ3n) is 4.53. The van der Waals surface area contributed by atoms with Crippen LogP contribution in [0, 0.1) is 5.82 Å². The minimum absolute atomic E-state index is 0.0605. The molecule has 5 heteroatoms. The number of rotatable bonds is 7. The molecule has 0 radical (unpaired) electrons. The Morgan fingerprint density at radius 1 is 1.35 bits per heavy atom. The SMILES string of the molecule is C[C@H](C(=O)NC1CCCCC1)N(C)CCOc1ccccc1F. The second-order valence-corrected chi connectivity index (χ2v) is 6.28. The van der Waals surface area contributed by atoms with Crippen molar-refractivity contribution in [3.63, 3.8) is 0 Å². The number of hydrogen-bond acceptors (Lipinski definition) is 3. The van der Waals surface area contributed by atoms with Crippen molar-refractivity contribution in [3.05, 3.63) is 30.1 Å². The molecule has 2 rings (SSSR count). The number of likely N-dealkylation sites (N-methyl/N-ethyl adjacent to an activating group) is 1. The summed E-state index contributed by atoms with van der Waals surface area (Å²) < 4.78 is 18.9. The van der Waals surface area contributed by atoms with Crippen LogP contribution >= 0.6 is 0 Å². The van der Waals surface area contributed by atoms with Gasteiger partial charge < -0.3 is 10.1 Å². The van der Waals surface area contributed by atoms with E-state index < -0.39 is 0 Å². The van der Waals surface area contributed by atoms with Gasteiger partial charge in [0.25, 0.3) is 0 Å². The molecular formula is C18H27FN2O2. The Kier molecular flexibility index (Phi) is 6.84. The molecule has 1 saturated carbocycles. The standard InChI is InChI=1S/C18H27FN2O2/c1-14(18(22)20-15-8-4-3-5-9-15)21(2)12-13-23-17-11-7-6-10-16(17)19/h6-7,10-11,14-15H,3-5,8-9,12-13H2,1-2H3,(H,20,22)/t14-/m1/s1. The van der Waals surface area contributed by atoms with Gasteiger partial charge in [-0.2, -0.15) is 0 Å². The van der Waals surface area contributed by atoms with Crippen LogP contribution in [0.15, 0.2) is 24.3 Å². The highest BCUT2D eigenvalue weighted by Crippen LogP contribution is 2.18. The number of amides is 1. The number of carbonyl (C=O) groups is 1. The number of halogens is 1. The first-order valence-electron chi connectivity index (χ1n) is 8.46. The maximum absolute atomic E-state index is 13.5. The third-order valence-corrected chi connectivity index (χ3v) is 4.53. The van der Waals surface area contributed by atoms with Crippen molar-refractivity contribution in [3.8, 4) is 5.75 Å². The first kappa shape index (κ1) is 17.7. The van der Waals surface area contributed by atoms with Gasteiger partial charge in [-0.15, -0.1) is 0 Å². The van der Waals surface area contributed by atoms with Gasteiger partial charge in [0.05, 0.1) is 6.04 Å². The molecule has 0 saturated heterocycles. The zero-order chi connectivity index (χ0) is 16.7. The van der Waals surface area contributed by atoms with Crippen LogP contribution in [-0.2, 0) is 4.79 Å². The summed E-state index contributed by atoms with van der Waals surface area (Å²) in [4.78, 5) is 14.2. The molecule has 0 aliphatic heterocycles. The van der Waals surface area contributed by atoms with E-state index in [2.05, 4.69) is 5.32 Å². The van der Waals surface area contributed by atoms with Crippen LogP contribution in [0.2, 0.25) is 0 Å². The number of nitrogens with zero attached hydrogens (tertiary/aromatic N) is 1. The number of benzene rings is 1. The molecule has 1 fully saturated rings. The van der Waals surface area contributed by atoms with Crippen LogP contribution < -0.4 is 10.1 Å². The number of nitrogens with one attached hydrogen (secondary N) is 1. The lowest BCUT2D eigenvalue weighted by molar-refractivity contribution is -0.126. The van der Waals surface area contributed by atoms with Gasteiger partial charge in [0, 0.05) is 12.6 Å². The molecule has 1 aliphatic rings. The molecule has 1 amide bonds. The maximum Gasteiger partial charge on any atom is 0.237 e. The van der Waals surface area contributed by atoms with Crippen molar-refractivity contribution in [1.29, 1.82) is 0 Å². The first-order valence-corrected chi connectivity index (χ1v) is 8.46. The highest BCUT2D eigenvalue weighted by atomic mass is 19.1. The summed E-state index contributed by atoms with van der Waals surface area (Å²) in [6.07, 6.45) is 5.84. The summed E-state index contributed by atoms with van der Waals surface area (Å²) in [5.41, 5.74) is 0. The van der Waals surface area contributed by atoms with Crippen LogP contribution in [0.1, 0.15) is 39.0 Å². The fourth-order valence-electron chi connectivity index (χ4n) is 2.82. The van der Waals surface area contributed by atoms with E-state index in [0.717, 1.165) is 12.8 Å². The van der Waals surface area contributed by atoms with E-state index in [-0.39, 0.29) is 23.5 Å². The van der Waals surface area contributed by atoms with Crippen molar-refractivity contribution in [1.82, 2.24) is 10.2 Å². The van der Waals surface area contributed by atoms with Crippen LogP contribution in [0.4, 0.5) is 4.39 Å². The molecule has 0 bridgehead atoms. The average molecular weight is 322 g/mol. The first-order chi connectivity index (χ1) is 11.1. The van der Waals surface area contributed by atoms with E-state index in [1.165, 1.54) is 25.3 Å². The summed E-state index contributed by atoms with van der Waals surface area (Å²) in [7, 11) is 1.88. The second kappa shape index (κ2) is 8.87. The van der Waals surface area contributed by atoms with Crippen LogP contribution in [0.5, 0.6) is 5.75 Å². The zero-order valence-corrected chi connectivity index (χ0v) is 14.1. The molecule has 0 heterocycles. The highest BCUT2D eigenvalue weighted by Gasteiger charge is 2.22. The summed E-state index contributed by atoms with van der Waals surface area (Å²) >= 11 is 0.